The fourth-order valence-corrected chi connectivity index (χ4v) is 5.87. The van der Waals surface area contributed by atoms with Gasteiger partial charge in [-0.15, -0.1) is 0 Å². The van der Waals surface area contributed by atoms with Crippen molar-refractivity contribution in [1.29, 1.82) is 0 Å². The molecule has 0 N–H and O–H groups in total. The van der Waals surface area contributed by atoms with Crippen LogP contribution < -0.4 is 0 Å². The maximum absolute atomic E-state index is 4.36. The van der Waals surface area contributed by atoms with Crippen molar-refractivity contribution in [3.8, 4) is 0 Å². The maximum Gasteiger partial charge on any atom is 0.0948 e. The van der Waals surface area contributed by atoms with E-state index in [2.05, 4.69) is 59.9 Å². The van der Waals surface area contributed by atoms with Gasteiger partial charge in [-0.2, -0.15) is 0 Å². The number of imidazole rings is 1. The van der Waals surface area contributed by atoms with E-state index >= 15 is 0 Å². The molecule has 1 aromatic carbocycles. The summed E-state index contributed by atoms with van der Waals surface area (Å²) in [5.74, 6) is 0.692. The number of aromatic nitrogens is 2. The van der Waals surface area contributed by atoms with Gasteiger partial charge in [0.2, 0.25) is 0 Å². The highest BCUT2D eigenvalue weighted by molar-refractivity contribution is 5.15. The molecule has 0 saturated carbocycles. The molecule has 2 nitrogen and oxygen atoms in total. The van der Waals surface area contributed by atoms with Crippen molar-refractivity contribution >= 4 is 0 Å². The molecular formula is C34H58N2. The molecule has 0 bridgehead atoms. The van der Waals surface area contributed by atoms with Crippen molar-refractivity contribution in [2.24, 2.45) is 5.92 Å². The van der Waals surface area contributed by atoms with Crippen molar-refractivity contribution in [1.82, 2.24) is 9.55 Å². The summed E-state index contributed by atoms with van der Waals surface area (Å²) in [6.45, 7) is 4.62. The minimum Gasteiger partial charge on any atom is -0.334 e. The SMILES string of the molecule is CCCCCCCCCCCCCCCCCCCC(Cc1ccccc1)C(CCC)n1ccnc1. The van der Waals surface area contributed by atoms with Crippen molar-refractivity contribution < 1.29 is 0 Å². The first-order valence-corrected chi connectivity index (χ1v) is 15.9. The van der Waals surface area contributed by atoms with E-state index in [4.69, 9.17) is 0 Å². The number of nitrogens with zero attached hydrogens (tertiary/aromatic N) is 2. The standard InChI is InChI=1S/C34H58N2/c1-3-5-6-7-8-9-10-11-12-13-14-15-16-17-18-19-23-27-33(30-32-25-21-20-22-26-32)34(24-4-2)36-29-28-35-31-36/h20-22,25-26,28-29,31,33-34H,3-19,23-24,27,30H2,1-2H3. The quantitative estimate of drug-likeness (QED) is 0.133. The van der Waals surface area contributed by atoms with E-state index < -0.39 is 0 Å². The van der Waals surface area contributed by atoms with E-state index in [0.29, 0.717) is 12.0 Å². The zero-order chi connectivity index (χ0) is 25.5. The molecule has 0 aliphatic carbocycles. The zero-order valence-electron chi connectivity index (χ0n) is 24.0. The Hall–Kier alpha value is -1.57. The summed E-state index contributed by atoms with van der Waals surface area (Å²) in [6.07, 6.45) is 35.6. The van der Waals surface area contributed by atoms with Gasteiger partial charge in [-0.05, 0) is 30.7 Å². The van der Waals surface area contributed by atoms with Crippen molar-refractivity contribution in [3.63, 3.8) is 0 Å². The van der Waals surface area contributed by atoms with Gasteiger partial charge in [0.25, 0.3) is 0 Å². The lowest BCUT2D eigenvalue weighted by atomic mass is 9.85. The van der Waals surface area contributed by atoms with E-state index in [-0.39, 0.29) is 0 Å². The van der Waals surface area contributed by atoms with Crippen molar-refractivity contribution in [3.05, 3.63) is 54.6 Å². The Labute approximate surface area is 224 Å². The van der Waals surface area contributed by atoms with Gasteiger partial charge in [0.05, 0.1) is 6.33 Å². The minimum absolute atomic E-state index is 0.568. The lowest BCUT2D eigenvalue weighted by Gasteiger charge is -2.28. The monoisotopic (exact) mass is 494 g/mol. The number of hydrogen-bond donors (Lipinski definition) is 0. The van der Waals surface area contributed by atoms with Crippen LogP contribution in [0.2, 0.25) is 0 Å². The molecule has 36 heavy (non-hydrogen) atoms. The van der Waals surface area contributed by atoms with Crippen LogP contribution in [0.5, 0.6) is 0 Å². The first-order chi connectivity index (χ1) is 17.8. The van der Waals surface area contributed by atoms with Gasteiger partial charge in [0, 0.05) is 18.4 Å². The van der Waals surface area contributed by atoms with Gasteiger partial charge in [0.15, 0.2) is 0 Å². The zero-order valence-corrected chi connectivity index (χ0v) is 24.0. The molecular weight excluding hydrogens is 436 g/mol. The lowest BCUT2D eigenvalue weighted by Crippen LogP contribution is -2.21. The van der Waals surface area contributed by atoms with Crippen molar-refractivity contribution in [2.75, 3.05) is 0 Å². The first-order valence-electron chi connectivity index (χ1n) is 15.9. The Kier molecular flexibility index (Phi) is 18.3. The molecule has 0 radical (unpaired) electrons. The van der Waals surface area contributed by atoms with Gasteiger partial charge < -0.3 is 4.57 Å². The summed E-state index contributed by atoms with van der Waals surface area (Å²) in [6, 6.07) is 11.7. The van der Waals surface area contributed by atoms with E-state index in [1.165, 1.54) is 140 Å². The highest BCUT2D eigenvalue weighted by Gasteiger charge is 2.22. The third-order valence-corrected chi connectivity index (χ3v) is 8.06. The summed E-state index contributed by atoms with van der Waals surface area (Å²) in [4.78, 5) is 4.36. The molecule has 2 rings (SSSR count). The second-order valence-electron chi connectivity index (χ2n) is 11.3. The Morgan fingerprint density at radius 1 is 0.611 bits per heavy atom. The number of unbranched alkanes of at least 4 members (excludes halogenated alkanes) is 16. The van der Waals surface area contributed by atoms with Crippen LogP contribution in [0.4, 0.5) is 0 Å². The predicted octanol–water partition coefficient (Wildman–Crippen LogP) is 11.1. The van der Waals surface area contributed by atoms with Crippen LogP contribution in [0, 0.1) is 5.92 Å². The van der Waals surface area contributed by atoms with Crippen LogP contribution in [0.15, 0.2) is 49.1 Å². The minimum atomic E-state index is 0.568. The smallest absolute Gasteiger partial charge is 0.0948 e. The van der Waals surface area contributed by atoms with Crippen LogP contribution in [0.1, 0.15) is 154 Å². The summed E-state index contributed by atoms with van der Waals surface area (Å²) in [5, 5.41) is 0. The van der Waals surface area contributed by atoms with Gasteiger partial charge in [-0.1, -0.05) is 160 Å². The second-order valence-corrected chi connectivity index (χ2v) is 11.3. The highest BCUT2D eigenvalue weighted by Crippen LogP contribution is 2.31. The molecule has 0 aliphatic rings. The second kappa shape index (κ2) is 21.5. The fourth-order valence-electron chi connectivity index (χ4n) is 5.87. The topological polar surface area (TPSA) is 17.8 Å². The molecule has 204 valence electrons. The molecule has 0 spiro atoms. The fraction of sp³-hybridized carbons (Fsp3) is 0.735. The molecule has 0 aliphatic heterocycles. The third kappa shape index (κ3) is 14.2. The first kappa shape index (κ1) is 30.7. The number of rotatable bonds is 24. The molecule has 1 heterocycles. The van der Waals surface area contributed by atoms with Crippen molar-refractivity contribution in [2.45, 2.75) is 155 Å². The van der Waals surface area contributed by atoms with Crippen LogP contribution in [0.25, 0.3) is 0 Å². The molecule has 2 atom stereocenters. The average Bonchev–Trinajstić information content (AvgIpc) is 3.44. The van der Waals surface area contributed by atoms with Gasteiger partial charge in [0.1, 0.15) is 0 Å². The molecule has 2 unspecified atom stereocenters. The summed E-state index contributed by atoms with van der Waals surface area (Å²) in [5.41, 5.74) is 1.48. The molecule has 0 amide bonds. The molecule has 1 aromatic heterocycles. The Morgan fingerprint density at radius 2 is 1.14 bits per heavy atom. The van der Waals surface area contributed by atoms with Crippen LogP contribution in [-0.2, 0) is 6.42 Å². The third-order valence-electron chi connectivity index (χ3n) is 8.06. The van der Waals surface area contributed by atoms with Gasteiger partial charge >= 0.3 is 0 Å². The van der Waals surface area contributed by atoms with Gasteiger partial charge in [-0.25, -0.2) is 4.98 Å². The number of benzene rings is 1. The molecule has 0 fully saturated rings. The summed E-state index contributed by atoms with van der Waals surface area (Å²) in [7, 11) is 0. The van der Waals surface area contributed by atoms with Crippen LogP contribution >= 0.6 is 0 Å². The summed E-state index contributed by atoms with van der Waals surface area (Å²) >= 11 is 0. The highest BCUT2D eigenvalue weighted by atomic mass is 15.1. The van der Waals surface area contributed by atoms with E-state index in [1.54, 1.807) is 0 Å². The average molecular weight is 495 g/mol. The van der Waals surface area contributed by atoms with E-state index in [0.717, 1.165) is 0 Å². The molecule has 2 aromatic rings. The predicted molar refractivity (Wildman–Crippen MR) is 159 cm³/mol. The largest absolute Gasteiger partial charge is 0.334 e. The van der Waals surface area contributed by atoms with Crippen LogP contribution in [0.3, 0.4) is 0 Å². The Balaban J connectivity index is 1.54. The lowest BCUT2D eigenvalue weighted by molar-refractivity contribution is 0.280. The van der Waals surface area contributed by atoms with E-state index in [1.807, 2.05) is 12.5 Å². The van der Waals surface area contributed by atoms with Crippen LogP contribution in [-0.4, -0.2) is 9.55 Å². The molecule has 0 saturated heterocycles. The van der Waals surface area contributed by atoms with Gasteiger partial charge in [-0.3, -0.25) is 0 Å². The number of hydrogen-bond acceptors (Lipinski definition) is 1. The Morgan fingerprint density at radius 3 is 1.61 bits per heavy atom. The molecule has 2 heteroatoms. The normalized spacial score (nSPS) is 13.2. The van der Waals surface area contributed by atoms with E-state index in [9.17, 15) is 0 Å². The summed E-state index contributed by atoms with van der Waals surface area (Å²) < 4.78 is 2.38. The Bertz CT molecular complexity index is 693. The maximum atomic E-state index is 4.36.